The molecular weight excluding hydrogens is 314 g/mol. The number of fused-ring (bicyclic) bond motifs is 2. The van der Waals surface area contributed by atoms with E-state index in [4.69, 9.17) is 0 Å². The van der Waals surface area contributed by atoms with Gasteiger partial charge in [0, 0.05) is 30.7 Å². The number of hydrogen-bond donors (Lipinski definition) is 2. The Balaban J connectivity index is 1.23. The van der Waals surface area contributed by atoms with Crippen LogP contribution in [0.2, 0.25) is 0 Å². The van der Waals surface area contributed by atoms with Crippen LogP contribution in [0.25, 0.3) is 0 Å². The van der Waals surface area contributed by atoms with Crippen LogP contribution in [0.1, 0.15) is 38.5 Å². The molecule has 134 valence electrons. The van der Waals surface area contributed by atoms with Gasteiger partial charge in [0.15, 0.2) is 0 Å². The minimum atomic E-state index is -0.0518. The van der Waals surface area contributed by atoms with Gasteiger partial charge in [-0.25, -0.2) is 4.79 Å². The zero-order valence-electron chi connectivity index (χ0n) is 14.6. The van der Waals surface area contributed by atoms with Gasteiger partial charge in [-0.2, -0.15) is 0 Å². The minimum absolute atomic E-state index is 0.0518. The summed E-state index contributed by atoms with van der Waals surface area (Å²) in [6, 6.07) is 9.69. The summed E-state index contributed by atoms with van der Waals surface area (Å²) in [6.45, 7) is 1.39. The fraction of sp³-hybridized carbons (Fsp3) is 0.600. The number of urea groups is 1. The summed E-state index contributed by atoms with van der Waals surface area (Å²) in [6.07, 6.45) is 6.60. The first-order valence-electron chi connectivity index (χ1n) is 9.60. The molecule has 1 saturated heterocycles. The van der Waals surface area contributed by atoms with Crippen molar-refractivity contribution >= 4 is 17.6 Å². The van der Waals surface area contributed by atoms with Gasteiger partial charge in [0.25, 0.3) is 0 Å². The summed E-state index contributed by atoms with van der Waals surface area (Å²) in [5.41, 5.74) is 0.819. The average Bonchev–Trinajstić information content (AvgIpc) is 3.26. The smallest absolute Gasteiger partial charge is 0.321 e. The maximum Gasteiger partial charge on any atom is 0.321 e. The van der Waals surface area contributed by atoms with Crippen molar-refractivity contribution in [2.45, 2.75) is 44.6 Å². The lowest BCUT2D eigenvalue weighted by molar-refractivity contribution is -0.127. The molecule has 25 heavy (non-hydrogen) atoms. The molecule has 3 unspecified atom stereocenters. The van der Waals surface area contributed by atoms with Gasteiger partial charge in [0.2, 0.25) is 5.91 Å². The lowest BCUT2D eigenvalue weighted by Crippen LogP contribution is -2.49. The molecule has 2 bridgehead atoms. The zero-order chi connectivity index (χ0) is 17.2. The van der Waals surface area contributed by atoms with Crippen LogP contribution in [-0.2, 0) is 4.79 Å². The normalized spacial score (nSPS) is 28.8. The number of carbonyl (C=O) groups is 2. The summed E-state index contributed by atoms with van der Waals surface area (Å²) < 4.78 is 0. The van der Waals surface area contributed by atoms with E-state index in [0.29, 0.717) is 19.0 Å². The van der Waals surface area contributed by atoms with Gasteiger partial charge in [0.05, 0.1) is 0 Å². The molecule has 1 aliphatic heterocycles. The van der Waals surface area contributed by atoms with Crippen molar-refractivity contribution in [3.63, 3.8) is 0 Å². The number of carbonyl (C=O) groups excluding carboxylic acids is 2. The van der Waals surface area contributed by atoms with Crippen LogP contribution < -0.4 is 10.6 Å². The number of anilines is 1. The molecule has 3 fully saturated rings. The van der Waals surface area contributed by atoms with E-state index in [1.807, 2.05) is 35.2 Å². The van der Waals surface area contributed by atoms with Crippen molar-refractivity contribution < 1.29 is 9.59 Å². The molecule has 1 aromatic rings. The molecule has 5 nitrogen and oxygen atoms in total. The van der Waals surface area contributed by atoms with Crippen molar-refractivity contribution in [3.8, 4) is 0 Å². The summed E-state index contributed by atoms with van der Waals surface area (Å²) in [5, 5.41) is 6.19. The average molecular weight is 341 g/mol. The molecule has 1 heterocycles. The van der Waals surface area contributed by atoms with Crippen LogP contribution in [0.3, 0.4) is 0 Å². The summed E-state index contributed by atoms with van der Waals surface area (Å²) in [4.78, 5) is 26.7. The van der Waals surface area contributed by atoms with E-state index in [0.717, 1.165) is 30.9 Å². The molecule has 3 aliphatic rings. The summed E-state index contributed by atoms with van der Waals surface area (Å²) >= 11 is 0. The molecule has 1 aromatic carbocycles. The van der Waals surface area contributed by atoms with Crippen LogP contribution in [0.15, 0.2) is 30.3 Å². The predicted molar refractivity (Wildman–Crippen MR) is 97.1 cm³/mol. The van der Waals surface area contributed by atoms with Crippen LogP contribution in [0.4, 0.5) is 10.5 Å². The zero-order valence-corrected chi connectivity index (χ0v) is 14.6. The Morgan fingerprint density at radius 1 is 0.960 bits per heavy atom. The lowest BCUT2D eigenvalue weighted by atomic mass is 9.87. The standard InChI is InChI=1S/C20H27N3O2/c24-19(18-13-14-6-7-15(18)12-14)21-17-8-10-23(11-9-17)20(25)22-16-4-2-1-3-5-16/h1-5,14-15,17-18H,6-13H2,(H,21,24)(H,22,25). The van der Waals surface area contributed by atoms with Gasteiger partial charge in [-0.1, -0.05) is 24.6 Å². The first-order chi connectivity index (χ1) is 12.2. The second-order valence-electron chi connectivity index (χ2n) is 7.85. The number of amides is 3. The van der Waals surface area contributed by atoms with Crippen molar-refractivity contribution in [3.05, 3.63) is 30.3 Å². The number of benzene rings is 1. The van der Waals surface area contributed by atoms with E-state index in [9.17, 15) is 9.59 Å². The van der Waals surface area contributed by atoms with Crippen LogP contribution >= 0.6 is 0 Å². The second-order valence-corrected chi connectivity index (χ2v) is 7.85. The highest BCUT2D eigenvalue weighted by Crippen LogP contribution is 2.48. The highest BCUT2D eigenvalue weighted by atomic mass is 16.2. The molecule has 5 heteroatoms. The number of hydrogen-bond acceptors (Lipinski definition) is 2. The van der Waals surface area contributed by atoms with Crippen LogP contribution in [-0.4, -0.2) is 36.0 Å². The number of rotatable bonds is 3. The molecule has 4 rings (SSSR count). The van der Waals surface area contributed by atoms with Crippen LogP contribution in [0, 0.1) is 17.8 Å². The molecular formula is C20H27N3O2. The van der Waals surface area contributed by atoms with E-state index >= 15 is 0 Å². The molecule has 0 radical (unpaired) electrons. The van der Waals surface area contributed by atoms with Gasteiger partial charge in [-0.3, -0.25) is 4.79 Å². The number of nitrogens with one attached hydrogen (secondary N) is 2. The van der Waals surface area contributed by atoms with Crippen molar-refractivity contribution in [2.75, 3.05) is 18.4 Å². The molecule has 2 N–H and O–H groups in total. The fourth-order valence-electron chi connectivity index (χ4n) is 4.82. The largest absolute Gasteiger partial charge is 0.353 e. The Labute approximate surface area is 149 Å². The number of likely N-dealkylation sites (tertiary alicyclic amines) is 1. The van der Waals surface area contributed by atoms with E-state index in [1.54, 1.807) is 0 Å². The Kier molecular flexibility index (Phi) is 4.64. The van der Waals surface area contributed by atoms with Gasteiger partial charge in [-0.05, 0) is 56.1 Å². The maximum absolute atomic E-state index is 12.6. The molecule has 0 aromatic heterocycles. The van der Waals surface area contributed by atoms with E-state index in [-0.39, 0.29) is 23.9 Å². The number of piperidine rings is 1. The van der Waals surface area contributed by atoms with Crippen LogP contribution in [0.5, 0.6) is 0 Å². The highest BCUT2D eigenvalue weighted by molar-refractivity contribution is 5.89. The third-order valence-electron chi connectivity index (χ3n) is 6.23. The number of nitrogens with zero attached hydrogens (tertiary/aromatic N) is 1. The lowest BCUT2D eigenvalue weighted by Gasteiger charge is -2.33. The third-order valence-corrected chi connectivity index (χ3v) is 6.23. The second kappa shape index (κ2) is 7.06. The van der Waals surface area contributed by atoms with Crippen molar-refractivity contribution in [2.24, 2.45) is 17.8 Å². The van der Waals surface area contributed by atoms with Gasteiger partial charge >= 0.3 is 6.03 Å². The highest BCUT2D eigenvalue weighted by Gasteiger charge is 2.43. The maximum atomic E-state index is 12.6. The Bertz CT molecular complexity index is 625. The summed E-state index contributed by atoms with van der Waals surface area (Å²) in [5.74, 6) is 1.93. The first kappa shape index (κ1) is 16.4. The third kappa shape index (κ3) is 3.65. The van der Waals surface area contributed by atoms with E-state index in [2.05, 4.69) is 10.6 Å². The van der Waals surface area contributed by atoms with Gasteiger partial charge in [-0.15, -0.1) is 0 Å². The van der Waals surface area contributed by atoms with Gasteiger partial charge < -0.3 is 15.5 Å². The van der Waals surface area contributed by atoms with Crippen molar-refractivity contribution in [1.29, 1.82) is 0 Å². The fourth-order valence-corrected chi connectivity index (χ4v) is 4.82. The molecule has 0 spiro atoms. The van der Waals surface area contributed by atoms with Gasteiger partial charge in [0.1, 0.15) is 0 Å². The Hall–Kier alpha value is -2.04. The first-order valence-corrected chi connectivity index (χ1v) is 9.60. The molecule has 2 saturated carbocycles. The van der Waals surface area contributed by atoms with E-state index in [1.165, 1.54) is 19.3 Å². The quantitative estimate of drug-likeness (QED) is 0.887. The Morgan fingerprint density at radius 3 is 2.36 bits per heavy atom. The minimum Gasteiger partial charge on any atom is -0.353 e. The molecule has 2 aliphatic carbocycles. The molecule has 3 amide bonds. The SMILES string of the molecule is O=C(NC1CCN(C(=O)Nc2ccccc2)CC1)C1CC2CCC1C2. The van der Waals surface area contributed by atoms with E-state index < -0.39 is 0 Å². The topological polar surface area (TPSA) is 61.4 Å². The molecule has 3 atom stereocenters. The Morgan fingerprint density at radius 2 is 1.72 bits per heavy atom. The number of para-hydroxylation sites is 1. The monoisotopic (exact) mass is 341 g/mol. The van der Waals surface area contributed by atoms with Crippen molar-refractivity contribution in [1.82, 2.24) is 10.2 Å². The predicted octanol–water partition coefficient (Wildman–Crippen LogP) is 3.24. The summed E-state index contributed by atoms with van der Waals surface area (Å²) in [7, 11) is 0.